The molecule has 7 heteroatoms. The Bertz CT molecular complexity index is 1010. The molecule has 29 heavy (non-hydrogen) atoms. The molecule has 3 rings (SSSR count). The average molecular weight is 390 g/mol. The van der Waals surface area contributed by atoms with Crippen LogP contribution in [-0.2, 0) is 9.59 Å². The van der Waals surface area contributed by atoms with E-state index < -0.39 is 5.97 Å². The van der Waals surface area contributed by atoms with E-state index in [0.29, 0.717) is 22.5 Å². The molecule has 5 N–H and O–H groups in total. The van der Waals surface area contributed by atoms with Gasteiger partial charge >= 0.3 is 5.97 Å². The van der Waals surface area contributed by atoms with E-state index in [1.165, 1.54) is 0 Å². The van der Waals surface area contributed by atoms with Crippen LogP contribution in [-0.4, -0.2) is 34.8 Å². The molecule has 1 atom stereocenters. The molecule has 1 aliphatic carbocycles. The van der Waals surface area contributed by atoms with Crippen molar-refractivity contribution in [2.24, 2.45) is 11.7 Å². The first-order valence-corrected chi connectivity index (χ1v) is 9.13. The SMILES string of the molecule is C#CC1=CC(CCC(=O)O)C2=C(C=C(c3ccc(C(=N)N)cc3)CC2=O)N(C)N1. The number of hydrazine groups is 1. The molecular weight excluding hydrogens is 368 g/mol. The number of rotatable bonds is 5. The molecule has 0 aromatic heterocycles. The van der Waals surface area contributed by atoms with Gasteiger partial charge in [-0.25, -0.2) is 0 Å². The van der Waals surface area contributed by atoms with Gasteiger partial charge < -0.3 is 10.8 Å². The number of hydrogen-bond acceptors (Lipinski definition) is 5. The summed E-state index contributed by atoms with van der Waals surface area (Å²) in [6.45, 7) is 0. The predicted octanol–water partition coefficient (Wildman–Crippen LogP) is 2.03. The van der Waals surface area contributed by atoms with Gasteiger partial charge in [0.05, 0.1) is 5.70 Å². The van der Waals surface area contributed by atoms with Gasteiger partial charge in [0, 0.05) is 36.9 Å². The molecule has 0 fully saturated rings. The number of benzene rings is 1. The van der Waals surface area contributed by atoms with Crippen LogP contribution in [0.1, 0.15) is 30.4 Å². The number of nitrogens with zero attached hydrogens (tertiary/aromatic N) is 1. The number of hydrogen-bond donors (Lipinski definition) is 4. The molecule has 0 amide bonds. The average Bonchev–Trinajstić information content (AvgIpc) is 2.83. The molecule has 0 radical (unpaired) electrons. The summed E-state index contributed by atoms with van der Waals surface area (Å²) >= 11 is 0. The molecule has 0 saturated heterocycles. The number of terminal acetylenes is 1. The summed E-state index contributed by atoms with van der Waals surface area (Å²) in [6.07, 6.45) is 9.67. The van der Waals surface area contributed by atoms with Crippen molar-refractivity contribution in [2.45, 2.75) is 19.3 Å². The molecule has 0 bridgehead atoms. The lowest BCUT2D eigenvalue weighted by atomic mass is 9.82. The minimum absolute atomic E-state index is 0.0166. The van der Waals surface area contributed by atoms with E-state index in [9.17, 15) is 9.59 Å². The number of nitrogens with one attached hydrogen (secondary N) is 2. The molecule has 1 aliphatic heterocycles. The van der Waals surface area contributed by atoms with Gasteiger partial charge in [0.15, 0.2) is 5.78 Å². The highest BCUT2D eigenvalue weighted by molar-refractivity contribution is 6.06. The second-order valence-electron chi connectivity index (χ2n) is 6.99. The fraction of sp³-hybridized carbons (Fsp3) is 0.227. The maximum absolute atomic E-state index is 13.1. The van der Waals surface area contributed by atoms with Crippen LogP contribution in [0.3, 0.4) is 0 Å². The van der Waals surface area contributed by atoms with E-state index in [-0.39, 0.29) is 36.8 Å². The minimum Gasteiger partial charge on any atom is -0.481 e. The minimum atomic E-state index is -0.918. The Hall–Kier alpha value is -3.79. The Balaban J connectivity index is 2.03. The number of amidine groups is 1. The van der Waals surface area contributed by atoms with Crippen LogP contribution < -0.4 is 11.2 Å². The maximum atomic E-state index is 13.1. The van der Waals surface area contributed by atoms with Gasteiger partial charge in [0.25, 0.3) is 0 Å². The summed E-state index contributed by atoms with van der Waals surface area (Å²) < 4.78 is 0. The lowest BCUT2D eigenvalue weighted by Crippen LogP contribution is -2.33. The van der Waals surface area contributed by atoms with Crippen LogP contribution in [0, 0.1) is 23.7 Å². The van der Waals surface area contributed by atoms with E-state index in [1.54, 1.807) is 30.3 Å². The summed E-state index contributed by atoms with van der Waals surface area (Å²) in [5.74, 6) is 1.17. The zero-order chi connectivity index (χ0) is 21.1. The summed E-state index contributed by atoms with van der Waals surface area (Å²) in [4.78, 5) is 24.2. The van der Waals surface area contributed by atoms with Crippen LogP contribution in [0.2, 0.25) is 0 Å². The Morgan fingerprint density at radius 2 is 2.10 bits per heavy atom. The molecule has 0 saturated carbocycles. The van der Waals surface area contributed by atoms with Gasteiger partial charge in [-0.3, -0.25) is 25.4 Å². The van der Waals surface area contributed by atoms with Crippen molar-refractivity contribution in [1.82, 2.24) is 10.4 Å². The first-order chi connectivity index (χ1) is 13.8. The number of carboxylic acids is 1. The molecule has 0 spiro atoms. The fourth-order valence-electron chi connectivity index (χ4n) is 3.58. The zero-order valence-corrected chi connectivity index (χ0v) is 16.0. The highest BCUT2D eigenvalue weighted by atomic mass is 16.4. The summed E-state index contributed by atoms with van der Waals surface area (Å²) in [5.41, 5.74) is 12.6. The topological polar surface area (TPSA) is 120 Å². The summed E-state index contributed by atoms with van der Waals surface area (Å²) in [7, 11) is 1.77. The van der Waals surface area contributed by atoms with Gasteiger partial charge in [-0.1, -0.05) is 30.2 Å². The van der Waals surface area contributed by atoms with E-state index in [0.717, 1.165) is 11.1 Å². The van der Waals surface area contributed by atoms with Gasteiger partial charge in [-0.2, -0.15) is 0 Å². The van der Waals surface area contributed by atoms with Crippen LogP contribution in [0.25, 0.3) is 5.57 Å². The number of ketones is 1. The number of nitrogen functional groups attached to an aromatic ring is 1. The summed E-state index contributed by atoms with van der Waals surface area (Å²) in [6, 6.07) is 7.16. The van der Waals surface area contributed by atoms with Crippen molar-refractivity contribution in [3.63, 3.8) is 0 Å². The molecule has 1 unspecified atom stereocenters. The lowest BCUT2D eigenvalue weighted by molar-refractivity contribution is -0.137. The third-order valence-corrected chi connectivity index (χ3v) is 5.02. The number of carboxylic acid groups (broad SMARTS) is 1. The number of allylic oxidation sites excluding steroid dienone is 5. The van der Waals surface area contributed by atoms with Crippen molar-refractivity contribution < 1.29 is 14.7 Å². The third kappa shape index (κ3) is 4.22. The van der Waals surface area contributed by atoms with Crippen molar-refractivity contribution in [3.05, 3.63) is 64.5 Å². The number of aliphatic carboxylic acids is 1. The molecular formula is C22H22N4O3. The van der Waals surface area contributed by atoms with E-state index >= 15 is 0 Å². The molecule has 2 aliphatic rings. The van der Waals surface area contributed by atoms with E-state index in [1.807, 2.05) is 18.2 Å². The Morgan fingerprint density at radius 3 is 2.69 bits per heavy atom. The van der Waals surface area contributed by atoms with Gasteiger partial charge in [-0.15, -0.1) is 6.42 Å². The van der Waals surface area contributed by atoms with E-state index in [4.69, 9.17) is 22.7 Å². The first kappa shape index (κ1) is 20.0. The molecule has 148 valence electrons. The Morgan fingerprint density at radius 1 is 1.41 bits per heavy atom. The molecule has 1 aromatic carbocycles. The highest BCUT2D eigenvalue weighted by Gasteiger charge is 2.31. The van der Waals surface area contributed by atoms with Crippen molar-refractivity contribution in [2.75, 3.05) is 7.05 Å². The quantitative estimate of drug-likeness (QED) is 0.347. The Kier molecular flexibility index (Phi) is 5.55. The number of carbonyl (C=O) groups is 2. The van der Waals surface area contributed by atoms with Crippen LogP contribution in [0.15, 0.2) is 53.4 Å². The van der Waals surface area contributed by atoms with Crippen molar-refractivity contribution in [1.29, 1.82) is 5.41 Å². The normalized spacial score (nSPS) is 18.7. The standard InChI is InChI=1S/C22H22N4O3/c1-3-17-10-15(8-9-20(28)29)21-18(26(2)25-17)11-16(12-19(21)27)13-4-6-14(7-5-13)22(23)24/h1,4-7,10-11,15,25H,8-9,12H2,2H3,(H3,23,24)(H,28,29). The first-order valence-electron chi connectivity index (χ1n) is 9.13. The van der Waals surface area contributed by atoms with Gasteiger partial charge in [0.1, 0.15) is 11.5 Å². The maximum Gasteiger partial charge on any atom is 0.303 e. The van der Waals surface area contributed by atoms with Crippen LogP contribution in [0.4, 0.5) is 0 Å². The van der Waals surface area contributed by atoms with Gasteiger partial charge in [-0.05, 0) is 29.7 Å². The van der Waals surface area contributed by atoms with E-state index in [2.05, 4.69) is 11.3 Å². The lowest BCUT2D eigenvalue weighted by Gasteiger charge is -2.28. The monoisotopic (exact) mass is 390 g/mol. The molecule has 7 nitrogen and oxygen atoms in total. The van der Waals surface area contributed by atoms with Crippen molar-refractivity contribution in [3.8, 4) is 12.3 Å². The second kappa shape index (κ2) is 8.07. The number of likely N-dealkylation sites (N-methyl/N-ethyl adjacent to an activating group) is 1. The molecule has 1 aromatic rings. The smallest absolute Gasteiger partial charge is 0.303 e. The largest absolute Gasteiger partial charge is 0.481 e. The van der Waals surface area contributed by atoms with Gasteiger partial charge in [0.2, 0.25) is 0 Å². The molecule has 1 heterocycles. The predicted molar refractivity (Wildman–Crippen MR) is 110 cm³/mol. The Labute approximate surface area is 169 Å². The van der Waals surface area contributed by atoms with Crippen LogP contribution in [0.5, 0.6) is 0 Å². The number of nitrogens with two attached hydrogens (primary N) is 1. The highest BCUT2D eigenvalue weighted by Crippen LogP contribution is 2.36. The fourth-order valence-corrected chi connectivity index (χ4v) is 3.58. The number of Topliss-reactive ketones (excluding diaryl/α,β-unsaturated/α-hetero) is 1. The third-order valence-electron chi connectivity index (χ3n) is 5.02. The zero-order valence-electron chi connectivity index (χ0n) is 16.0. The van der Waals surface area contributed by atoms with Crippen LogP contribution >= 0.6 is 0 Å². The second-order valence-corrected chi connectivity index (χ2v) is 6.99. The van der Waals surface area contributed by atoms with Crippen molar-refractivity contribution >= 4 is 23.2 Å². The summed E-state index contributed by atoms with van der Waals surface area (Å²) in [5, 5.41) is 18.3. The number of carbonyl (C=O) groups excluding carboxylic acids is 1.